The highest BCUT2D eigenvalue weighted by Gasteiger charge is 2.36. The summed E-state index contributed by atoms with van der Waals surface area (Å²) in [6, 6.07) is 2.25. The second kappa shape index (κ2) is 5.32. The van der Waals surface area contributed by atoms with Crippen LogP contribution in [0.5, 0.6) is 0 Å². The topological polar surface area (TPSA) is 15.3 Å². The van der Waals surface area contributed by atoms with Crippen LogP contribution in [0.1, 0.15) is 36.1 Å². The van der Waals surface area contributed by atoms with Crippen molar-refractivity contribution in [2.75, 3.05) is 26.2 Å². The third-order valence-electron chi connectivity index (χ3n) is 4.64. The molecule has 1 spiro atoms. The smallest absolute Gasteiger partial charge is 0.0330 e. The number of nitrogens with one attached hydrogen (secondary N) is 1. The summed E-state index contributed by atoms with van der Waals surface area (Å²) < 4.78 is 0. The number of rotatable bonds is 2. The molecule has 1 aromatic heterocycles. The van der Waals surface area contributed by atoms with Gasteiger partial charge in [0.15, 0.2) is 0 Å². The Morgan fingerprint density at radius 2 is 2.28 bits per heavy atom. The lowest BCUT2D eigenvalue weighted by Gasteiger charge is -2.45. The Morgan fingerprint density at radius 1 is 1.39 bits per heavy atom. The van der Waals surface area contributed by atoms with Crippen LogP contribution in [0.15, 0.2) is 11.4 Å². The number of nitrogens with zero attached hydrogens (tertiary/aromatic N) is 1. The van der Waals surface area contributed by atoms with E-state index in [-0.39, 0.29) is 0 Å². The highest BCUT2D eigenvalue weighted by molar-refractivity contribution is 7.10. The van der Waals surface area contributed by atoms with E-state index in [4.69, 9.17) is 0 Å². The van der Waals surface area contributed by atoms with Crippen molar-refractivity contribution < 1.29 is 0 Å². The number of likely N-dealkylation sites (tertiary alicyclic amines) is 1. The minimum atomic E-state index is 0.585. The average molecular weight is 264 g/mol. The number of piperidine rings is 2. The molecule has 3 rings (SSSR count). The van der Waals surface area contributed by atoms with E-state index in [9.17, 15) is 0 Å². The van der Waals surface area contributed by atoms with Gasteiger partial charge in [-0.1, -0.05) is 0 Å². The van der Waals surface area contributed by atoms with Crippen molar-refractivity contribution in [3.8, 4) is 0 Å². The van der Waals surface area contributed by atoms with Gasteiger partial charge in [0, 0.05) is 24.5 Å². The SMILES string of the molecule is Cc1ccsc1CN1CCCC2(CCCNC2)C1. The molecule has 2 fully saturated rings. The van der Waals surface area contributed by atoms with Gasteiger partial charge in [-0.15, -0.1) is 11.3 Å². The Labute approximate surface area is 114 Å². The molecule has 1 atom stereocenters. The number of thiophene rings is 1. The third-order valence-corrected chi connectivity index (χ3v) is 5.64. The lowest BCUT2D eigenvalue weighted by atomic mass is 9.74. The molecule has 0 aliphatic carbocycles. The Bertz CT molecular complexity index is 387. The molecule has 2 nitrogen and oxygen atoms in total. The Kier molecular flexibility index (Phi) is 3.73. The Morgan fingerprint density at radius 3 is 3.00 bits per heavy atom. The Hall–Kier alpha value is -0.380. The van der Waals surface area contributed by atoms with E-state index in [1.807, 2.05) is 11.3 Å². The van der Waals surface area contributed by atoms with Crippen molar-refractivity contribution >= 4 is 11.3 Å². The maximum Gasteiger partial charge on any atom is 0.0330 e. The summed E-state index contributed by atoms with van der Waals surface area (Å²) in [5.41, 5.74) is 2.06. The first-order valence-electron chi connectivity index (χ1n) is 7.24. The van der Waals surface area contributed by atoms with Gasteiger partial charge in [-0.05, 0) is 68.1 Å². The van der Waals surface area contributed by atoms with Gasteiger partial charge in [0.25, 0.3) is 0 Å². The standard InChI is InChI=1S/C15H24N2S/c1-13-4-9-18-14(13)10-17-8-3-6-15(12-17)5-2-7-16-11-15/h4,9,16H,2-3,5-8,10-12H2,1H3. The third kappa shape index (κ3) is 2.63. The molecular weight excluding hydrogens is 240 g/mol. The van der Waals surface area contributed by atoms with Gasteiger partial charge in [0.2, 0.25) is 0 Å². The molecule has 1 unspecified atom stereocenters. The predicted octanol–water partition coefficient (Wildman–Crippen LogP) is 3.02. The van der Waals surface area contributed by atoms with Gasteiger partial charge in [-0.3, -0.25) is 4.90 Å². The molecule has 3 heteroatoms. The molecule has 0 amide bonds. The van der Waals surface area contributed by atoms with Crippen molar-refractivity contribution in [3.63, 3.8) is 0 Å². The molecule has 0 saturated carbocycles. The molecule has 1 aromatic rings. The fourth-order valence-electron chi connectivity index (χ4n) is 3.59. The second-order valence-electron chi connectivity index (χ2n) is 6.12. The minimum Gasteiger partial charge on any atom is -0.316 e. The lowest BCUT2D eigenvalue weighted by molar-refractivity contribution is 0.0606. The van der Waals surface area contributed by atoms with E-state index >= 15 is 0 Å². The van der Waals surface area contributed by atoms with Crippen molar-refractivity contribution in [1.29, 1.82) is 0 Å². The number of hydrogen-bond donors (Lipinski definition) is 1. The van der Waals surface area contributed by atoms with Crippen LogP contribution in [0.4, 0.5) is 0 Å². The predicted molar refractivity (Wildman–Crippen MR) is 78.1 cm³/mol. The van der Waals surface area contributed by atoms with Crippen LogP contribution < -0.4 is 5.32 Å². The van der Waals surface area contributed by atoms with Crippen molar-refractivity contribution in [3.05, 3.63) is 21.9 Å². The first kappa shape index (κ1) is 12.6. The minimum absolute atomic E-state index is 0.585. The normalized spacial score (nSPS) is 29.8. The summed E-state index contributed by atoms with van der Waals surface area (Å²) in [4.78, 5) is 4.26. The van der Waals surface area contributed by atoms with Crippen LogP contribution in [-0.4, -0.2) is 31.1 Å². The summed E-state index contributed by atoms with van der Waals surface area (Å²) in [7, 11) is 0. The lowest BCUT2D eigenvalue weighted by Crippen LogP contribution is -2.50. The van der Waals surface area contributed by atoms with Crippen molar-refractivity contribution in [2.45, 2.75) is 39.2 Å². The second-order valence-corrected chi connectivity index (χ2v) is 7.12. The van der Waals surface area contributed by atoms with Crippen LogP contribution in [0.2, 0.25) is 0 Å². The summed E-state index contributed by atoms with van der Waals surface area (Å²) in [6.45, 7) is 8.48. The highest BCUT2D eigenvalue weighted by atomic mass is 32.1. The van der Waals surface area contributed by atoms with E-state index in [0.29, 0.717) is 5.41 Å². The molecule has 18 heavy (non-hydrogen) atoms. The van der Waals surface area contributed by atoms with Gasteiger partial charge >= 0.3 is 0 Å². The van der Waals surface area contributed by atoms with Gasteiger partial charge in [0.05, 0.1) is 0 Å². The molecule has 0 bridgehead atoms. The first-order chi connectivity index (χ1) is 8.77. The zero-order valence-electron chi connectivity index (χ0n) is 11.4. The number of hydrogen-bond acceptors (Lipinski definition) is 3. The molecule has 100 valence electrons. The molecule has 0 aromatic carbocycles. The maximum absolute atomic E-state index is 3.61. The van der Waals surface area contributed by atoms with Crippen LogP contribution >= 0.6 is 11.3 Å². The van der Waals surface area contributed by atoms with Crippen LogP contribution in [0.25, 0.3) is 0 Å². The quantitative estimate of drug-likeness (QED) is 0.883. The van der Waals surface area contributed by atoms with E-state index in [1.165, 1.54) is 64.0 Å². The van der Waals surface area contributed by atoms with E-state index < -0.39 is 0 Å². The van der Waals surface area contributed by atoms with Gasteiger partial charge in [0.1, 0.15) is 0 Å². The Balaban J connectivity index is 1.65. The van der Waals surface area contributed by atoms with Gasteiger partial charge in [-0.25, -0.2) is 0 Å². The molecule has 3 heterocycles. The molecule has 1 N–H and O–H groups in total. The summed E-state index contributed by atoms with van der Waals surface area (Å²) in [6.07, 6.45) is 5.61. The van der Waals surface area contributed by atoms with E-state index in [2.05, 4.69) is 28.6 Å². The van der Waals surface area contributed by atoms with Crippen LogP contribution in [0, 0.1) is 12.3 Å². The summed E-state index contributed by atoms with van der Waals surface area (Å²) in [5.74, 6) is 0. The molecule has 2 saturated heterocycles. The monoisotopic (exact) mass is 264 g/mol. The van der Waals surface area contributed by atoms with Gasteiger partial charge < -0.3 is 5.32 Å². The number of aryl methyl sites for hydroxylation is 1. The fourth-order valence-corrected chi connectivity index (χ4v) is 4.54. The molecule has 2 aliphatic heterocycles. The highest BCUT2D eigenvalue weighted by Crippen LogP contribution is 2.36. The zero-order chi connectivity index (χ0) is 12.4. The zero-order valence-corrected chi connectivity index (χ0v) is 12.2. The van der Waals surface area contributed by atoms with E-state index in [1.54, 1.807) is 4.88 Å². The van der Waals surface area contributed by atoms with Crippen molar-refractivity contribution in [2.24, 2.45) is 5.41 Å². The van der Waals surface area contributed by atoms with Gasteiger partial charge in [-0.2, -0.15) is 0 Å². The molecular formula is C15H24N2S. The van der Waals surface area contributed by atoms with E-state index in [0.717, 1.165) is 0 Å². The maximum atomic E-state index is 3.61. The average Bonchev–Trinajstić information content (AvgIpc) is 2.76. The molecule has 2 aliphatic rings. The summed E-state index contributed by atoms with van der Waals surface area (Å²) in [5, 5.41) is 5.84. The first-order valence-corrected chi connectivity index (χ1v) is 8.12. The van der Waals surface area contributed by atoms with Crippen molar-refractivity contribution in [1.82, 2.24) is 10.2 Å². The van der Waals surface area contributed by atoms with Crippen LogP contribution in [-0.2, 0) is 6.54 Å². The molecule has 0 radical (unpaired) electrons. The fraction of sp³-hybridized carbons (Fsp3) is 0.733. The largest absolute Gasteiger partial charge is 0.316 e. The summed E-state index contributed by atoms with van der Waals surface area (Å²) >= 11 is 1.92. The van der Waals surface area contributed by atoms with Crippen LogP contribution in [0.3, 0.4) is 0 Å².